The number of nitrogens with zero attached hydrogens (tertiary/aromatic N) is 2. The van der Waals surface area contributed by atoms with Crippen molar-refractivity contribution in [2.45, 2.75) is 38.5 Å². The van der Waals surface area contributed by atoms with Gasteiger partial charge in [-0.2, -0.15) is 5.26 Å². The number of carbonyl (C=O) groups is 1. The number of piperidine rings is 1. The van der Waals surface area contributed by atoms with Crippen LogP contribution in [0.4, 0.5) is 0 Å². The Morgan fingerprint density at radius 2 is 1.79 bits per heavy atom. The van der Waals surface area contributed by atoms with Gasteiger partial charge in [-0.15, -0.1) is 0 Å². The van der Waals surface area contributed by atoms with E-state index in [1.807, 2.05) is 55.3 Å². The number of benzene rings is 1. The van der Waals surface area contributed by atoms with Crippen LogP contribution in [0, 0.1) is 11.3 Å². The first-order chi connectivity index (χ1) is 11.5. The molecule has 24 heavy (non-hydrogen) atoms. The van der Waals surface area contributed by atoms with Gasteiger partial charge in [0.1, 0.15) is 5.69 Å². The smallest absolute Gasteiger partial charge is 0.270 e. The molecule has 0 unspecified atom stereocenters. The van der Waals surface area contributed by atoms with E-state index in [-0.39, 0.29) is 5.91 Å². The number of carbonyl (C=O) groups excluding carboxylic acids is 1. The van der Waals surface area contributed by atoms with Crippen molar-refractivity contribution in [3.63, 3.8) is 0 Å². The summed E-state index contributed by atoms with van der Waals surface area (Å²) >= 11 is 0. The molecule has 4 heteroatoms. The lowest BCUT2D eigenvalue weighted by atomic mass is 9.86. The van der Waals surface area contributed by atoms with Crippen LogP contribution in [-0.4, -0.2) is 28.9 Å². The Morgan fingerprint density at radius 3 is 2.42 bits per heavy atom. The molecule has 0 radical (unpaired) electrons. The molecule has 1 fully saturated rings. The SMILES string of the molecule is CC(C)(C#N)c1ccc(-c2c[nH]c(C(=O)N3CCCCC3)c2)cc1. The van der Waals surface area contributed by atoms with Crippen molar-refractivity contribution >= 4 is 5.91 Å². The normalized spacial score (nSPS) is 15.1. The maximum atomic E-state index is 12.5. The number of nitrogens with one attached hydrogen (secondary N) is 1. The van der Waals surface area contributed by atoms with E-state index in [1.54, 1.807) is 0 Å². The Morgan fingerprint density at radius 1 is 1.12 bits per heavy atom. The Hall–Kier alpha value is -2.54. The number of likely N-dealkylation sites (tertiary alicyclic amines) is 1. The van der Waals surface area contributed by atoms with E-state index < -0.39 is 5.41 Å². The molecule has 0 bridgehead atoms. The maximum absolute atomic E-state index is 12.5. The number of hydrogen-bond acceptors (Lipinski definition) is 2. The largest absolute Gasteiger partial charge is 0.357 e. The van der Waals surface area contributed by atoms with Gasteiger partial charge in [0.2, 0.25) is 0 Å². The van der Waals surface area contributed by atoms with Gasteiger partial charge in [-0.3, -0.25) is 4.79 Å². The third kappa shape index (κ3) is 3.21. The Balaban J connectivity index is 1.78. The zero-order chi connectivity index (χ0) is 17.2. The van der Waals surface area contributed by atoms with E-state index in [9.17, 15) is 10.1 Å². The van der Waals surface area contributed by atoms with Crippen LogP contribution in [0.15, 0.2) is 36.5 Å². The van der Waals surface area contributed by atoms with Crippen molar-refractivity contribution in [3.8, 4) is 17.2 Å². The first-order valence-electron chi connectivity index (χ1n) is 8.51. The third-order valence-electron chi connectivity index (χ3n) is 4.78. The molecule has 1 aliphatic heterocycles. The predicted octanol–water partition coefficient (Wildman–Crippen LogP) is 4.11. The lowest BCUT2D eigenvalue weighted by Gasteiger charge is -2.26. The average Bonchev–Trinajstić information content (AvgIpc) is 3.12. The lowest BCUT2D eigenvalue weighted by molar-refractivity contribution is 0.0719. The first-order valence-corrected chi connectivity index (χ1v) is 8.51. The number of hydrogen-bond donors (Lipinski definition) is 1. The van der Waals surface area contributed by atoms with Crippen molar-refractivity contribution < 1.29 is 4.79 Å². The summed E-state index contributed by atoms with van der Waals surface area (Å²) in [6.45, 7) is 5.53. The molecule has 4 nitrogen and oxygen atoms in total. The summed E-state index contributed by atoms with van der Waals surface area (Å²) in [4.78, 5) is 17.6. The molecule has 1 N–H and O–H groups in total. The van der Waals surface area contributed by atoms with Gasteiger partial charge in [0, 0.05) is 19.3 Å². The summed E-state index contributed by atoms with van der Waals surface area (Å²) in [5.74, 6) is 0.0863. The fourth-order valence-electron chi connectivity index (χ4n) is 3.10. The van der Waals surface area contributed by atoms with E-state index >= 15 is 0 Å². The second-order valence-corrected chi connectivity index (χ2v) is 6.97. The lowest BCUT2D eigenvalue weighted by Crippen LogP contribution is -2.35. The van der Waals surface area contributed by atoms with Gasteiger partial charge in [-0.1, -0.05) is 24.3 Å². The molecule has 0 atom stereocenters. The highest BCUT2D eigenvalue weighted by atomic mass is 16.2. The Bertz CT molecular complexity index is 759. The van der Waals surface area contributed by atoms with Gasteiger partial charge in [0.25, 0.3) is 5.91 Å². The molecule has 0 aliphatic carbocycles. The van der Waals surface area contributed by atoms with E-state index in [0.29, 0.717) is 5.69 Å². The van der Waals surface area contributed by atoms with Gasteiger partial charge in [0.05, 0.1) is 11.5 Å². The molecule has 3 rings (SSSR count). The predicted molar refractivity (Wildman–Crippen MR) is 94.6 cm³/mol. The van der Waals surface area contributed by atoms with Crippen molar-refractivity contribution in [1.82, 2.24) is 9.88 Å². The van der Waals surface area contributed by atoms with Crippen LogP contribution in [0.3, 0.4) is 0 Å². The molecule has 0 saturated carbocycles. The van der Waals surface area contributed by atoms with Crippen molar-refractivity contribution in [1.29, 1.82) is 5.26 Å². The van der Waals surface area contributed by atoms with Gasteiger partial charge < -0.3 is 9.88 Å². The summed E-state index contributed by atoms with van der Waals surface area (Å²) in [6.07, 6.45) is 5.28. The fourth-order valence-corrected chi connectivity index (χ4v) is 3.10. The van der Waals surface area contributed by atoms with E-state index in [2.05, 4.69) is 11.1 Å². The first kappa shape index (κ1) is 16.3. The van der Waals surface area contributed by atoms with Crippen LogP contribution in [0.5, 0.6) is 0 Å². The standard InChI is InChI=1S/C20H23N3O/c1-20(2,14-21)17-8-6-15(7-9-17)16-12-18(22-13-16)19(24)23-10-4-3-5-11-23/h6-9,12-13,22H,3-5,10-11H2,1-2H3. The number of aromatic amines is 1. The number of amides is 1. The molecule has 1 aromatic heterocycles. The number of nitriles is 1. The molecular formula is C20H23N3O. The van der Waals surface area contributed by atoms with E-state index in [0.717, 1.165) is 42.6 Å². The monoisotopic (exact) mass is 321 g/mol. The Labute approximate surface area is 143 Å². The maximum Gasteiger partial charge on any atom is 0.270 e. The van der Waals surface area contributed by atoms with E-state index in [4.69, 9.17) is 0 Å². The topological polar surface area (TPSA) is 59.9 Å². The third-order valence-corrected chi connectivity index (χ3v) is 4.78. The quantitative estimate of drug-likeness (QED) is 0.925. The number of H-pyrrole nitrogens is 1. The zero-order valence-corrected chi connectivity index (χ0v) is 14.3. The van der Waals surface area contributed by atoms with Crippen LogP contribution >= 0.6 is 0 Å². The summed E-state index contributed by atoms with van der Waals surface area (Å²) in [7, 11) is 0. The van der Waals surface area contributed by atoms with Crippen LogP contribution in [0.2, 0.25) is 0 Å². The summed E-state index contributed by atoms with van der Waals surface area (Å²) in [6, 6.07) is 12.2. The highest BCUT2D eigenvalue weighted by Gasteiger charge is 2.21. The zero-order valence-electron chi connectivity index (χ0n) is 14.3. The average molecular weight is 321 g/mol. The molecule has 1 saturated heterocycles. The van der Waals surface area contributed by atoms with Crippen LogP contribution in [-0.2, 0) is 5.41 Å². The highest BCUT2D eigenvalue weighted by molar-refractivity contribution is 5.94. The van der Waals surface area contributed by atoms with Crippen molar-refractivity contribution in [3.05, 3.63) is 47.8 Å². The van der Waals surface area contributed by atoms with Gasteiger partial charge in [-0.25, -0.2) is 0 Å². The molecule has 2 heterocycles. The van der Waals surface area contributed by atoms with E-state index in [1.165, 1.54) is 6.42 Å². The molecule has 1 aliphatic rings. The minimum atomic E-state index is -0.494. The van der Waals surface area contributed by atoms with Crippen molar-refractivity contribution in [2.24, 2.45) is 0 Å². The minimum Gasteiger partial charge on any atom is -0.357 e. The van der Waals surface area contributed by atoms with Gasteiger partial charge >= 0.3 is 0 Å². The fraction of sp³-hybridized carbons (Fsp3) is 0.400. The van der Waals surface area contributed by atoms with Gasteiger partial charge in [-0.05, 0) is 55.9 Å². The van der Waals surface area contributed by atoms with Crippen molar-refractivity contribution in [2.75, 3.05) is 13.1 Å². The molecule has 0 spiro atoms. The van der Waals surface area contributed by atoms with Gasteiger partial charge in [0.15, 0.2) is 0 Å². The molecule has 1 amide bonds. The number of rotatable bonds is 3. The molecule has 2 aromatic rings. The second-order valence-electron chi connectivity index (χ2n) is 6.97. The molecule has 1 aromatic carbocycles. The second kappa shape index (κ2) is 6.52. The molecule has 124 valence electrons. The summed E-state index contributed by atoms with van der Waals surface area (Å²) < 4.78 is 0. The molecular weight excluding hydrogens is 298 g/mol. The van der Waals surface area contributed by atoms with Crippen LogP contribution in [0.25, 0.3) is 11.1 Å². The minimum absolute atomic E-state index is 0.0863. The summed E-state index contributed by atoms with van der Waals surface area (Å²) in [5, 5.41) is 9.22. The van der Waals surface area contributed by atoms with Crippen LogP contribution < -0.4 is 0 Å². The number of aromatic nitrogens is 1. The Kier molecular flexibility index (Phi) is 4.44. The summed E-state index contributed by atoms with van der Waals surface area (Å²) in [5.41, 5.74) is 3.19. The van der Waals surface area contributed by atoms with Crippen LogP contribution in [0.1, 0.15) is 49.2 Å². The highest BCUT2D eigenvalue weighted by Crippen LogP contribution is 2.27.